The largest absolute Gasteiger partial charge is 0.497 e. The number of benzene rings is 3. The Morgan fingerprint density at radius 1 is 1.09 bits per heavy atom. The highest BCUT2D eigenvalue weighted by molar-refractivity contribution is 7.21. The van der Waals surface area contributed by atoms with Gasteiger partial charge in [0.25, 0.3) is 11.6 Å². The van der Waals surface area contributed by atoms with Crippen LogP contribution in [-0.2, 0) is 0 Å². The zero-order chi connectivity index (χ0) is 24.9. The van der Waals surface area contributed by atoms with Crippen molar-refractivity contribution in [3.8, 4) is 11.5 Å². The maximum Gasteiger partial charge on any atom is 0.355 e. The molecule has 9 nitrogen and oxygen atoms in total. The van der Waals surface area contributed by atoms with Crippen molar-refractivity contribution in [2.45, 2.75) is 0 Å². The standard InChI is InChI=1S/C24H16ClN3O6S/c1-33-18-9-10-19-20(12-18)35-22(21(19)25)24(30)34-17-7-5-14(6-8-17)13-26-27-23(29)15-3-2-4-16(11-15)28(31)32/h2-13H,1H3,(H,27,29)/b26-13+. The third-order valence-corrected chi connectivity index (χ3v) is 6.45. The van der Waals surface area contributed by atoms with E-state index in [9.17, 15) is 19.7 Å². The van der Waals surface area contributed by atoms with Gasteiger partial charge in [0.2, 0.25) is 0 Å². The Morgan fingerprint density at radius 3 is 2.54 bits per heavy atom. The van der Waals surface area contributed by atoms with Gasteiger partial charge in [-0.15, -0.1) is 11.3 Å². The average molecular weight is 510 g/mol. The van der Waals surface area contributed by atoms with Crippen LogP contribution in [0.3, 0.4) is 0 Å². The number of thiophene rings is 1. The molecular weight excluding hydrogens is 494 g/mol. The van der Waals surface area contributed by atoms with Gasteiger partial charge in [0.15, 0.2) is 0 Å². The van der Waals surface area contributed by atoms with Crippen molar-refractivity contribution >= 4 is 56.8 Å². The van der Waals surface area contributed by atoms with Gasteiger partial charge >= 0.3 is 5.97 Å². The van der Waals surface area contributed by atoms with E-state index in [4.69, 9.17) is 21.1 Å². The van der Waals surface area contributed by atoms with Crippen LogP contribution >= 0.6 is 22.9 Å². The van der Waals surface area contributed by atoms with Gasteiger partial charge in [-0.1, -0.05) is 17.7 Å². The topological polar surface area (TPSA) is 120 Å². The van der Waals surface area contributed by atoms with Crippen LogP contribution in [0, 0.1) is 10.1 Å². The summed E-state index contributed by atoms with van der Waals surface area (Å²) >= 11 is 7.59. The molecule has 0 aliphatic rings. The molecule has 0 unspecified atom stereocenters. The van der Waals surface area contributed by atoms with Crippen molar-refractivity contribution in [3.63, 3.8) is 0 Å². The maximum absolute atomic E-state index is 12.6. The lowest BCUT2D eigenvalue weighted by Gasteiger charge is -2.03. The minimum atomic E-state index is -0.590. The second-order valence-corrected chi connectivity index (χ2v) is 8.50. The van der Waals surface area contributed by atoms with Gasteiger partial charge < -0.3 is 9.47 Å². The van der Waals surface area contributed by atoms with Crippen molar-refractivity contribution in [1.29, 1.82) is 0 Å². The zero-order valence-corrected chi connectivity index (χ0v) is 19.6. The Labute approximate surface area is 207 Å². The molecule has 1 heterocycles. The Balaban J connectivity index is 1.39. The molecule has 4 rings (SSSR count). The van der Waals surface area contributed by atoms with E-state index in [1.54, 1.807) is 49.6 Å². The maximum atomic E-state index is 12.6. The lowest BCUT2D eigenvalue weighted by Crippen LogP contribution is -2.17. The van der Waals surface area contributed by atoms with Gasteiger partial charge in [-0.3, -0.25) is 14.9 Å². The monoisotopic (exact) mass is 509 g/mol. The number of carbonyl (C=O) groups is 2. The number of hydrogen-bond acceptors (Lipinski definition) is 8. The molecule has 176 valence electrons. The molecule has 0 saturated carbocycles. The van der Waals surface area contributed by atoms with Crippen LogP contribution in [0.4, 0.5) is 5.69 Å². The van der Waals surface area contributed by atoms with Crippen molar-refractivity contribution < 1.29 is 24.0 Å². The predicted octanol–water partition coefficient (Wildman–Crippen LogP) is 5.45. The molecule has 0 bridgehead atoms. The third kappa shape index (κ3) is 5.45. The number of non-ortho nitro benzene ring substituents is 1. The molecule has 1 aromatic heterocycles. The molecule has 3 aromatic carbocycles. The van der Waals surface area contributed by atoms with Crippen molar-refractivity contribution in [3.05, 3.63) is 97.9 Å². The molecule has 0 aliphatic carbocycles. The molecule has 35 heavy (non-hydrogen) atoms. The minimum Gasteiger partial charge on any atom is -0.497 e. The number of nitro benzene ring substituents is 1. The van der Waals surface area contributed by atoms with Gasteiger partial charge in [-0.25, -0.2) is 10.2 Å². The van der Waals surface area contributed by atoms with Crippen LogP contribution < -0.4 is 14.9 Å². The molecule has 1 amide bonds. The van der Waals surface area contributed by atoms with E-state index in [2.05, 4.69) is 10.5 Å². The highest BCUT2D eigenvalue weighted by atomic mass is 35.5. The van der Waals surface area contributed by atoms with E-state index in [0.29, 0.717) is 22.1 Å². The van der Waals surface area contributed by atoms with E-state index in [1.807, 2.05) is 0 Å². The van der Waals surface area contributed by atoms with Crippen LogP contribution in [0.25, 0.3) is 10.1 Å². The summed E-state index contributed by atoms with van der Waals surface area (Å²) in [5.41, 5.74) is 2.85. The fourth-order valence-electron chi connectivity index (χ4n) is 3.07. The van der Waals surface area contributed by atoms with E-state index in [1.165, 1.54) is 35.8 Å². The number of nitrogens with zero attached hydrogens (tertiary/aromatic N) is 2. The summed E-state index contributed by atoms with van der Waals surface area (Å²) in [5, 5.41) is 15.7. The second kappa shape index (κ2) is 10.3. The Morgan fingerprint density at radius 2 is 1.83 bits per heavy atom. The van der Waals surface area contributed by atoms with Gasteiger partial charge in [-0.05, 0) is 54.1 Å². The third-order valence-electron chi connectivity index (χ3n) is 4.81. The molecule has 0 aliphatic heterocycles. The Kier molecular flexibility index (Phi) is 7.04. The molecule has 0 saturated heterocycles. The van der Waals surface area contributed by atoms with E-state index >= 15 is 0 Å². The molecule has 0 fully saturated rings. The first-order valence-electron chi connectivity index (χ1n) is 10.0. The number of hydrazone groups is 1. The van der Waals surface area contributed by atoms with Crippen LogP contribution in [0.1, 0.15) is 25.6 Å². The number of rotatable bonds is 7. The summed E-state index contributed by atoms with van der Waals surface area (Å²) in [4.78, 5) is 35.3. The smallest absolute Gasteiger partial charge is 0.355 e. The number of esters is 1. The number of methoxy groups -OCH3 is 1. The highest BCUT2D eigenvalue weighted by Crippen LogP contribution is 2.37. The quantitative estimate of drug-likeness (QED) is 0.116. The molecular formula is C24H16ClN3O6S. The van der Waals surface area contributed by atoms with E-state index < -0.39 is 16.8 Å². The van der Waals surface area contributed by atoms with Crippen molar-refractivity contribution in [1.82, 2.24) is 5.43 Å². The molecule has 1 N–H and O–H groups in total. The summed E-state index contributed by atoms with van der Waals surface area (Å²) in [6.07, 6.45) is 1.39. The van der Waals surface area contributed by atoms with Gasteiger partial charge in [0.1, 0.15) is 16.4 Å². The first-order chi connectivity index (χ1) is 16.9. The molecule has 0 spiro atoms. The van der Waals surface area contributed by atoms with Crippen LogP contribution in [-0.4, -0.2) is 30.1 Å². The summed E-state index contributed by atoms with van der Waals surface area (Å²) in [7, 11) is 1.56. The number of nitro groups is 1. The van der Waals surface area contributed by atoms with Crippen LogP contribution in [0.2, 0.25) is 5.02 Å². The van der Waals surface area contributed by atoms with Crippen LogP contribution in [0.15, 0.2) is 71.8 Å². The molecule has 0 radical (unpaired) electrons. The summed E-state index contributed by atoms with van der Waals surface area (Å²) in [6, 6.07) is 17.1. The predicted molar refractivity (Wildman–Crippen MR) is 133 cm³/mol. The van der Waals surface area contributed by atoms with Crippen LogP contribution in [0.5, 0.6) is 11.5 Å². The number of hydrogen-bond donors (Lipinski definition) is 1. The molecule has 0 atom stereocenters. The Hall–Kier alpha value is -4.28. The van der Waals surface area contributed by atoms with Crippen molar-refractivity contribution in [2.75, 3.05) is 7.11 Å². The molecule has 11 heteroatoms. The normalized spacial score (nSPS) is 10.9. The van der Waals surface area contributed by atoms with Crippen molar-refractivity contribution in [2.24, 2.45) is 5.10 Å². The number of nitrogens with one attached hydrogen (secondary N) is 1. The number of amides is 1. The van der Waals surface area contributed by atoms with Gasteiger partial charge in [0.05, 0.1) is 23.3 Å². The fourth-order valence-corrected chi connectivity index (χ4v) is 4.48. The van der Waals surface area contributed by atoms with E-state index in [-0.39, 0.29) is 16.1 Å². The number of halogens is 1. The lowest BCUT2D eigenvalue weighted by atomic mass is 10.2. The second-order valence-electron chi connectivity index (χ2n) is 7.07. The first kappa shape index (κ1) is 23.9. The van der Waals surface area contributed by atoms with Gasteiger partial charge in [-0.2, -0.15) is 5.10 Å². The minimum absolute atomic E-state index is 0.108. The zero-order valence-electron chi connectivity index (χ0n) is 18.1. The number of carbonyl (C=O) groups excluding carboxylic acids is 2. The fraction of sp³-hybridized carbons (Fsp3) is 0.0417. The van der Waals surface area contributed by atoms with E-state index in [0.717, 1.165) is 16.2 Å². The summed E-state index contributed by atoms with van der Waals surface area (Å²) in [6.45, 7) is 0. The Bertz CT molecular complexity index is 1470. The summed E-state index contributed by atoms with van der Waals surface area (Å²) in [5.74, 6) is -0.207. The first-order valence-corrected chi connectivity index (χ1v) is 11.2. The highest BCUT2D eigenvalue weighted by Gasteiger charge is 2.19. The number of ether oxygens (including phenoxy) is 2. The number of fused-ring (bicyclic) bond motifs is 1. The molecule has 4 aromatic rings. The summed E-state index contributed by atoms with van der Waals surface area (Å²) < 4.78 is 11.5. The SMILES string of the molecule is COc1ccc2c(Cl)c(C(=O)Oc3ccc(/C=N/NC(=O)c4cccc([N+](=O)[O-])c4)cc3)sc2c1. The van der Waals surface area contributed by atoms with Gasteiger partial charge in [0, 0.05) is 27.8 Å². The average Bonchev–Trinajstić information content (AvgIpc) is 3.20. The lowest BCUT2D eigenvalue weighted by molar-refractivity contribution is -0.384.